The van der Waals surface area contributed by atoms with E-state index in [1.54, 1.807) is 0 Å². The Hall–Kier alpha value is -1.71. The molecule has 0 aliphatic carbocycles. The van der Waals surface area contributed by atoms with Crippen LogP contribution in [0.15, 0.2) is 23.1 Å². The van der Waals surface area contributed by atoms with E-state index in [2.05, 4.69) is 0 Å². The molecule has 2 rings (SSSR count). The summed E-state index contributed by atoms with van der Waals surface area (Å²) in [5.41, 5.74) is -1.60. The maximum atomic E-state index is 14.0. The molecule has 1 N–H and O–H groups in total. The Morgan fingerprint density at radius 3 is 2.55 bits per heavy atom. The van der Waals surface area contributed by atoms with Crippen LogP contribution >= 0.6 is 0 Å². The van der Waals surface area contributed by atoms with Gasteiger partial charge in [-0.15, -0.1) is 0 Å². The van der Waals surface area contributed by atoms with Gasteiger partial charge in [-0.3, -0.25) is 0 Å². The molecule has 122 valence electrons. The Balaban J connectivity index is 2.35. The molecular weight excluding hydrogens is 317 g/mol. The first-order chi connectivity index (χ1) is 10.3. The van der Waals surface area contributed by atoms with Crippen molar-refractivity contribution in [1.29, 1.82) is 0 Å². The van der Waals surface area contributed by atoms with Crippen LogP contribution in [-0.4, -0.2) is 56.7 Å². The highest BCUT2D eigenvalue weighted by Crippen LogP contribution is 2.31. The van der Waals surface area contributed by atoms with Crippen LogP contribution in [0.4, 0.5) is 4.39 Å². The summed E-state index contributed by atoms with van der Waals surface area (Å²) in [6, 6.07) is 3.38. The molecule has 1 aliphatic rings. The van der Waals surface area contributed by atoms with E-state index in [0.717, 1.165) is 16.4 Å². The van der Waals surface area contributed by atoms with Crippen molar-refractivity contribution in [3.63, 3.8) is 0 Å². The Labute approximate surface area is 127 Å². The fourth-order valence-corrected chi connectivity index (χ4v) is 3.87. The predicted molar refractivity (Wildman–Crippen MR) is 73.7 cm³/mol. The molecule has 0 amide bonds. The lowest BCUT2D eigenvalue weighted by Gasteiger charge is -2.23. The van der Waals surface area contributed by atoms with Crippen LogP contribution in [0.25, 0.3) is 0 Å². The van der Waals surface area contributed by atoms with Crippen LogP contribution in [0.5, 0.6) is 5.75 Å². The zero-order chi connectivity index (χ0) is 16.5. The largest absolute Gasteiger partial charge is 0.497 e. The summed E-state index contributed by atoms with van der Waals surface area (Å²) >= 11 is 0. The van der Waals surface area contributed by atoms with E-state index in [1.807, 2.05) is 0 Å². The number of carboxylic acid groups (broad SMARTS) is 1. The molecule has 7 nitrogen and oxygen atoms in total. The number of methoxy groups -OCH3 is 2. The number of hydrogen-bond donors (Lipinski definition) is 1. The van der Waals surface area contributed by atoms with Gasteiger partial charge in [-0.2, -0.15) is 4.31 Å². The van der Waals surface area contributed by atoms with Gasteiger partial charge in [0.1, 0.15) is 16.5 Å². The maximum absolute atomic E-state index is 14.0. The first-order valence-corrected chi connectivity index (χ1v) is 7.83. The second-order valence-corrected chi connectivity index (χ2v) is 6.79. The predicted octanol–water partition coefficient (Wildman–Crippen LogP) is 0.698. The number of carboxylic acids is 1. The van der Waals surface area contributed by atoms with E-state index in [-0.39, 0.29) is 25.3 Å². The van der Waals surface area contributed by atoms with Gasteiger partial charge in [0, 0.05) is 26.1 Å². The fourth-order valence-electron chi connectivity index (χ4n) is 2.34. The molecular formula is C13H16FNO6S. The molecule has 1 aliphatic heterocycles. The van der Waals surface area contributed by atoms with Crippen molar-refractivity contribution < 1.29 is 32.2 Å². The third-order valence-electron chi connectivity index (χ3n) is 3.73. The average molecular weight is 333 g/mol. The lowest BCUT2D eigenvalue weighted by atomic mass is 10.0. The topological polar surface area (TPSA) is 93.1 Å². The normalized spacial score (nSPS) is 22.7. The number of ether oxygens (including phenoxy) is 2. The molecule has 0 aromatic heterocycles. The molecule has 9 heteroatoms. The van der Waals surface area contributed by atoms with Crippen LogP contribution in [0.1, 0.15) is 6.42 Å². The van der Waals surface area contributed by atoms with Gasteiger partial charge < -0.3 is 14.6 Å². The first-order valence-electron chi connectivity index (χ1n) is 6.39. The monoisotopic (exact) mass is 333 g/mol. The van der Waals surface area contributed by atoms with Gasteiger partial charge in [0.15, 0.2) is 5.60 Å². The number of aliphatic carboxylic acids is 1. The van der Waals surface area contributed by atoms with Gasteiger partial charge in [-0.1, -0.05) is 0 Å². The van der Waals surface area contributed by atoms with Gasteiger partial charge in [0.2, 0.25) is 10.0 Å². The fraction of sp³-hybridized carbons (Fsp3) is 0.462. The van der Waals surface area contributed by atoms with Crippen LogP contribution < -0.4 is 4.74 Å². The Bertz CT molecular complexity index is 692. The highest BCUT2D eigenvalue weighted by Gasteiger charge is 2.49. The van der Waals surface area contributed by atoms with Gasteiger partial charge in [-0.25, -0.2) is 17.6 Å². The van der Waals surface area contributed by atoms with Crippen LogP contribution in [-0.2, 0) is 19.6 Å². The lowest BCUT2D eigenvalue weighted by Crippen LogP contribution is -2.44. The van der Waals surface area contributed by atoms with E-state index in [4.69, 9.17) is 9.47 Å². The van der Waals surface area contributed by atoms with Crippen molar-refractivity contribution in [2.45, 2.75) is 16.9 Å². The average Bonchev–Trinajstić information content (AvgIpc) is 2.93. The molecule has 0 saturated carbocycles. The second-order valence-electron chi connectivity index (χ2n) is 4.89. The molecule has 22 heavy (non-hydrogen) atoms. The number of carbonyl (C=O) groups is 1. The quantitative estimate of drug-likeness (QED) is 0.852. The van der Waals surface area contributed by atoms with E-state index < -0.39 is 32.3 Å². The number of nitrogens with zero attached hydrogens (tertiary/aromatic N) is 1. The molecule has 1 saturated heterocycles. The van der Waals surface area contributed by atoms with E-state index in [9.17, 15) is 22.7 Å². The maximum Gasteiger partial charge on any atom is 0.337 e. The molecule has 1 aromatic carbocycles. The summed E-state index contributed by atoms with van der Waals surface area (Å²) in [6.07, 6.45) is -0.00413. The van der Waals surface area contributed by atoms with Crippen molar-refractivity contribution >= 4 is 16.0 Å². The molecule has 0 bridgehead atoms. The van der Waals surface area contributed by atoms with Gasteiger partial charge in [-0.05, 0) is 12.1 Å². The summed E-state index contributed by atoms with van der Waals surface area (Å²) in [5, 5.41) is 9.20. The number of sulfonamides is 1. The van der Waals surface area contributed by atoms with Gasteiger partial charge >= 0.3 is 5.97 Å². The zero-order valence-corrected chi connectivity index (χ0v) is 12.9. The Kier molecular flexibility index (Phi) is 4.41. The number of halogens is 1. The number of benzene rings is 1. The minimum absolute atomic E-state index is 0.00413. The van der Waals surface area contributed by atoms with E-state index >= 15 is 0 Å². The smallest absolute Gasteiger partial charge is 0.337 e. The van der Waals surface area contributed by atoms with Crippen molar-refractivity contribution in [3.05, 3.63) is 24.0 Å². The van der Waals surface area contributed by atoms with Crippen LogP contribution in [0.2, 0.25) is 0 Å². The van der Waals surface area contributed by atoms with Crippen LogP contribution in [0.3, 0.4) is 0 Å². The van der Waals surface area contributed by atoms with Crippen molar-refractivity contribution in [2.24, 2.45) is 0 Å². The zero-order valence-electron chi connectivity index (χ0n) is 12.1. The molecule has 0 spiro atoms. The van der Waals surface area contributed by atoms with E-state index in [0.29, 0.717) is 0 Å². The minimum atomic E-state index is -4.15. The minimum Gasteiger partial charge on any atom is -0.497 e. The summed E-state index contributed by atoms with van der Waals surface area (Å²) in [6.45, 7) is -0.430. The number of rotatable bonds is 5. The summed E-state index contributed by atoms with van der Waals surface area (Å²) in [4.78, 5) is 10.8. The van der Waals surface area contributed by atoms with Gasteiger partial charge in [0.25, 0.3) is 0 Å². The van der Waals surface area contributed by atoms with Crippen molar-refractivity contribution in [3.8, 4) is 5.75 Å². The standard InChI is InChI=1S/C13H16FNO6S/c1-20-9-3-4-11(10(14)7-9)22(18,19)15-6-5-13(8-15,21-2)12(16)17/h3-4,7H,5-6,8H2,1-2H3,(H,16,17). The SMILES string of the molecule is COc1ccc(S(=O)(=O)N2CCC(OC)(C(=O)O)C2)c(F)c1. The van der Waals surface area contributed by atoms with Gasteiger partial charge in [0.05, 0.1) is 13.7 Å². The summed E-state index contributed by atoms with van der Waals surface area (Å²) < 4.78 is 49.6. The molecule has 1 fully saturated rings. The van der Waals surface area contributed by atoms with E-state index in [1.165, 1.54) is 20.3 Å². The Morgan fingerprint density at radius 2 is 2.09 bits per heavy atom. The second kappa shape index (κ2) is 5.82. The highest BCUT2D eigenvalue weighted by atomic mass is 32.2. The molecule has 1 atom stereocenters. The molecule has 0 radical (unpaired) electrons. The summed E-state index contributed by atoms with van der Waals surface area (Å²) in [5.74, 6) is -2.01. The Morgan fingerprint density at radius 1 is 1.41 bits per heavy atom. The first kappa shape index (κ1) is 16.7. The summed E-state index contributed by atoms with van der Waals surface area (Å²) in [7, 11) is -1.61. The lowest BCUT2D eigenvalue weighted by molar-refractivity contribution is -0.160. The highest BCUT2D eigenvalue weighted by molar-refractivity contribution is 7.89. The molecule has 1 unspecified atom stereocenters. The molecule has 1 heterocycles. The third kappa shape index (κ3) is 2.67. The van der Waals surface area contributed by atoms with Crippen molar-refractivity contribution in [1.82, 2.24) is 4.31 Å². The number of hydrogen-bond acceptors (Lipinski definition) is 5. The third-order valence-corrected chi connectivity index (χ3v) is 5.61. The molecule has 1 aromatic rings. The van der Waals surface area contributed by atoms with Crippen LogP contribution in [0, 0.1) is 5.82 Å². The van der Waals surface area contributed by atoms with Crippen molar-refractivity contribution in [2.75, 3.05) is 27.3 Å².